The first kappa shape index (κ1) is 26.4. The molecule has 0 unspecified atom stereocenters. The number of hydrogen-bond acceptors (Lipinski definition) is 4. The van der Waals surface area contributed by atoms with Crippen molar-refractivity contribution in [2.75, 3.05) is 13.7 Å². The molecule has 0 aliphatic heterocycles. The van der Waals surface area contributed by atoms with Gasteiger partial charge in [-0.1, -0.05) is 45.0 Å². The van der Waals surface area contributed by atoms with Gasteiger partial charge >= 0.3 is 5.97 Å². The van der Waals surface area contributed by atoms with Crippen LogP contribution in [-0.4, -0.2) is 34.1 Å². The monoisotopic (exact) mass is 486 g/mol. The smallest absolute Gasteiger partial charge is 0.306 e. The standard InChI is InChI=1S/C28H39FO4Si/c1-28(2,3)34(5,6)32-19-22-17-25(18-26(22)21-8-7-9-23(29)16-21)33-27(30)15-12-20-10-13-24(31-4)14-11-20/h7-11,13-14,16,22,25-26H,12,15,17-19H2,1-6H3/t22-,25+,26-/m1/s1. The van der Waals surface area contributed by atoms with E-state index in [4.69, 9.17) is 13.9 Å². The molecule has 34 heavy (non-hydrogen) atoms. The van der Waals surface area contributed by atoms with Gasteiger partial charge in [-0.25, -0.2) is 4.39 Å². The van der Waals surface area contributed by atoms with Crippen LogP contribution >= 0.6 is 0 Å². The average molecular weight is 487 g/mol. The van der Waals surface area contributed by atoms with Crippen LogP contribution in [0.5, 0.6) is 5.75 Å². The summed E-state index contributed by atoms with van der Waals surface area (Å²) in [6.07, 6.45) is 2.22. The molecular weight excluding hydrogens is 447 g/mol. The number of aryl methyl sites for hydroxylation is 1. The van der Waals surface area contributed by atoms with Gasteiger partial charge in [-0.2, -0.15) is 0 Å². The van der Waals surface area contributed by atoms with E-state index in [9.17, 15) is 9.18 Å². The van der Waals surface area contributed by atoms with Gasteiger partial charge in [0.2, 0.25) is 0 Å². The van der Waals surface area contributed by atoms with Gasteiger partial charge in [0.25, 0.3) is 0 Å². The van der Waals surface area contributed by atoms with Crippen LogP contribution in [0.15, 0.2) is 48.5 Å². The van der Waals surface area contributed by atoms with E-state index in [1.807, 2.05) is 30.3 Å². The molecule has 1 fully saturated rings. The van der Waals surface area contributed by atoms with Crippen LogP contribution in [0.4, 0.5) is 4.39 Å². The average Bonchev–Trinajstić information content (AvgIpc) is 3.18. The van der Waals surface area contributed by atoms with Crippen LogP contribution in [0.25, 0.3) is 0 Å². The molecule has 0 radical (unpaired) electrons. The molecule has 3 rings (SSSR count). The van der Waals surface area contributed by atoms with Crippen LogP contribution in [0, 0.1) is 11.7 Å². The molecule has 0 heterocycles. The Morgan fingerprint density at radius 2 is 1.79 bits per heavy atom. The Kier molecular flexibility index (Phi) is 8.58. The lowest BCUT2D eigenvalue weighted by molar-refractivity contribution is -0.148. The van der Waals surface area contributed by atoms with Crippen LogP contribution in [0.1, 0.15) is 57.1 Å². The molecule has 3 atom stereocenters. The predicted molar refractivity (Wildman–Crippen MR) is 136 cm³/mol. The van der Waals surface area contributed by atoms with E-state index in [2.05, 4.69) is 33.9 Å². The van der Waals surface area contributed by atoms with E-state index in [-0.39, 0.29) is 34.8 Å². The fourth-order valence-electron chi connectivity index (χ4n) is 4.32. The lowest BCUT2D eigenvalue weighted by Gasteiger charge is -2.37. The lowest BCUT2D eigenvalue weighted by Crippen LogP contribution is -2.42. The summed E-state index contributed by atoms with van der Waals surface area (Å²) in [7, 11) is -0.281. The zero-order chi connectivity index (χ0) is 24.9. The zero-order valence-corrected chi connectivity index (χ0v) is 22.4. The molecule has 1 aliphatic carbocycles. The molecule has 0 aromatic heterocycles. The van der Waals surface area contributed by atoms with Crippen molar-refractivity contribution in [1.82, 2.24) is 0 Å². The van der Waals surface area contributed by atoms with Gasteiger partial charge in [-0.05, 0) is 84.6 Å². The molecule has 2 aromatic rings. The van der Waals surface area contributed by atoms with Gasteiger partial charge < -0.3 is 13.9 Å². The quantitative estimate of drug-likeness (QED) is 0.286. The topological polar surface area (TPSA) is 44.8 Å². The Labute approximate surface area is 204 Å². The number of carbonyl (C=O) groups is 1. The highest BCUT2D eigenvalue weighted by Crippen LogP contribution is 2.44. The van der Waals surface area contributed by atoms with Gasteiger partial charge in [0.1, 0.15) is 17.7 Å². The van der Waals surface area contributed by atoms with Gasteiger partial charge in [-0.15, -0.1) is 0 Å². The Morgan fingerprint density at radius 3 is 2.41 bits per heavy atom. The lowest BCUT2D eigenvalue weighted by atomic mass is 9.89. The molecule has 0 spiro atoms. The van der Waals surface area contributed by atoms with Crippen molar-refractivity contribution >= 4 is 14.3 Å². The fraction of sp³-hybridized carbons (Fsp3) is 0.536. The third kappa shape index (κ3) is 6.92. The highest BCUT2D eigenvalue weighted by molar-refractivity contribution is 6.74. The Balaban J connectivity index is 1.63. The second-order valence-corrected chi connectivity index (χ2v) is 15.7. The molecule has 1 aliphatic rings. The molecule has 1 saturated carbocycles. The van der Waals surface area contributed by atoms with Crippen molar-refractivity contribution < 1.29 is 23.1 Å². The zero-order valence-electron chi connectivity index (χ0n) is 21.4. The predicted octanol–water partition coefficient (Wildman–Crippen LogP) is 6.89. The molecule has 6 heteroatoms. The number of rotatable bonds is 9. The van der Waals surface area contributed by atoms with E-state index >= 15 is 0 Å². The summed E-state index contributed by atoms with van der Waals surface area (Å²) in [5, 5.41) is 0.118. The maximum atomic E-state index is 14.0. The van der Waals surface area contributed by atoms with E-state index in [0.717, 1.165) is 23.3 Å². The number of benzene rings is 2. The summed E-state index contributed by atoms with van der Waals surface area (Å²) >= 11 is 0. The Hall–Kier alpha value is -2.18. The summed E-state index contributed by atoms with van der Waals surface area (Å²) < 4.78 is 31.6. The summed E-state index contributed by atoms with van der Waals surface area (Å²) in [5.74, 6) is 0.674. The van der Waals surface area contributed by atoms with Gasteiger partial charge in [0, 0.05) is 13.0 Å². The van der Waals surface area contributed by atoms with Crippen LogP contribution in [0.3, 0.4) is 0 Å². The summed E-state index contributed by atoms with van der Waals surface area (Å²) in [6, 6.07) is 14.5. The van der Waals surface area contributed by atoms with E-state index in [1.54, 1.807) is 19.2 Å². The fourth-order valence-corrected chi connectivity index (χ4v) is 5.38. The van der Waals surface area contributed by atoms with Crippen molar-refractivity contribution in [3.05, 3.63) is 65.5 Å². The first-order valence-electron chi connectivity index (χ1n) is 12.2. The summed E-state index contributed by atoms with van der Waals surface area (Å²) in [4.78, 5) is 12.6. The minimum absolute atomic E-state index is 0.111. The number of methoxy groups -OCH3 is 1. The van der Waals surface area contributed by atoms with Crippen molar-refractivity contribution in [1.29, 1.82) is 0 Å². The number of hydrogen-bond donors (Lipinski definition) is 0. The minimum atomic E-state index is -1.92. The second kappa shape index (κ2) is 11.0. The molecule has 186 valence electrons. The van der Waals surface area contributed by atoms with E-state index in [0.29, 0.717) is 25.9 Å². The maximum absolute atomic E-state index is 14.0. The second-order valence-electron chi connectivity index (χ2n) is 10.9. The van der Waals surface area contributed by atoms with Crippen LogP contribution < -0.4 is 4.74 Å². The SMILES string of the molecule is COc1ccc(CCC(=O)O[C@H]2C[C@H](CO[Si](C)(C)C(C)(C)C)[C@@H](c3cccc(F)c3)C2)cc1. The van der Waals surface area contributed by atoms with Gasteiger partial charge in [0.05, 0.1) is 7.11 Å². The summed E-state index contributed by atoms with van der Waals surface area (Å²) in [6.45, 7) is 11.8. The first-order chi connectivity index (χ1) is 16.0. The maximum Gasteiger partial charge on any atom is 0.306 e. The van der Waals surface area contributed by atoms with E-state index < -0.39 is 8.32 Å². The van der Waals surface area contributed by atoms with Gasteiger partial charge in [0.15, 0.2) is 8.32 Å². The van der Waals surface area contributed by atoms with Crippen molar-refractivity contribution in [2.45, 2.75) is 76.6 Å². The number of halogens is 1. The highest BCUT2D eigenvalue weighted by atomic mass is 28.4. The number of carbonyl (C=O) groups excluding carboxylic acids is 1. The number of ether oxygens (including phenoxy) is 2. The molecule has 2 aromatic carbocycles. The molecule has 0 amide bonds. The molecule has 4 nitrogen and oxygen atoms in total. The van der Waals surface area contributed by atoms with Crippen molar-refractivity contribution in [2.24, 2.45) is 5.92 Å². The molecule has 0 saturated heterocycles. The molecule has 0 bridgehead atoms. The largest absolute Gasteiger partial charge is 0.497 e. The van der Waals surface area contributed by atoms with E-state index in [1.165, 1.54) is 6.07 Å². The Morgan fingerprint density at radius 1 is 1.09 bits per heavy atom. The summed E-state index contributed by atoms with van der Waals surface area (Å²) in [5.41, 5.74) is 2.03. The third-order valence-corrected chi connectivity index (χ3v) is 12.0. The minimum Gasteiger partial charge on any atom is -0.497 e. The van der Waals surface area contributed by atoms with Crippen molar-refractivity contribution in [3.8, 4) is 5.75 Å². The molecular formula is C28H39FO4Si. The van der Waals surface area contributed by atoms with Crippen LogP contribution in [0.2, 0.25) is 18.1 Å². The Bertz CT molecular complexity index is 952. The normalized spacial score (nSPS) is 20.9. The third-order valence-electron chi connectivity index (χ3n) is 7.47. The van der Waals surface area contributed by atoms with Gasteiger partial charge in [-0.3, -0.25) is 4.79 Å². The molecule has 0 N–H and O–H groups in total. The number of esters is 1. The highest BCUT2D eigenvalue weighted by Gasteiger charge is 2.41. The first-order valence-corrected chi connectivity index (χ1v) is 15.1. The van der Waals surface area contributed by atoms with Crippen LogP contribution in [-0.2, 0) is 20.4 Å². The van der Waals surface area contributed by atoms with Crippen molar-refractivity contribution in [3.63, 3.8) is 0 Å².